The van der Waals surface area contributed by atoms with Crippen molar-refractivity contribution in [1.82, 2.24) is 19.8 Å². The summed E-state index contributed by atoms with van der Waals surface area (Å²) in [4.78, 5) is 25.1. The zero-order chi connectivity index (χ0) is 29.2. The second kappa shape index (κ2) is 11.4. The molecule has 0 bridgehead atoms. The lowest BCUT2D eigenvalue weighted by Gasteiger charge is -2.15. The van der Waals surface area contributed by atoms with Crippen molar-refractivity contribution >= 4 is 67.6 Å². The van der Waals surface area contributed by atoms with Crippen LogP contribution in [0.1, 0.15) is 32.0 Å². The van der Waals surface area contributed by atoms with Crippen molar-refractivity contribution < 1.29 is 18.0 Å². The molecule has 10 nitrogen and oxygen atoms in total. The van der Waals surface area contributed by atoms with Gasteiger partial charge in [0.05, 0.1) is 33.4 Å². The molecule has 4 rings (SSSR count). The van der Waals surface area contributed by atoms with Crippen LogP contribution in [0.5, 0.6) is 0 Å². The normalized spacial score (nSPS) is 11.8. The highest BCUT2D eigenvalue weighted by molar-refractivity contribution is 7.89. The maximum absolute atomic E-state index is 13.0. The number of hydrogen-bond acceptors (Lipinski definition) is 5. The number of benzene rings is 3. The van der Waals surface area contributed by atoms with Gasteiger partial charge in [0.2, 0.25) is 10.0 Å². The standard InChI is InChI=1S/C27H28Cl2N6O4S/c1-27(2,3)22-14-23(32-26(37)31-21-11-7-10-20(28)24(21)29)35(33-22)18-12-16-8-5-6-9-19(16)17(13-18)15-30-25(36)34-40(4,38)39/h5-14H,15H2,1-4H3,(H2,30,34,36)(H2,31,32,37). The number of nitrogens with zero attached hydrogens (tertiary/aromatic N) is 2. The molecule has 0 atom stereocenters. The topological polar surface area (TPSA) is 134 Å². The van der Waals surface area contributed by atoms with Crippen molar-refractivity contribution in [2.24, 2.45) is 0 Å². The number of rotatable bonds is 6. The third-order valence-corrected chi connectivity index (χ3v) is 7.19. The quantitative estimate of drug-likeness (QED) is 0.214. The van der Waals surface area contributed by atoms with E-state index < -0.39 is 22.1 Å². The Morgan fingerprint density at radius 2 is 1.68 bits per heavy atom. The van der Waals surface area contributed by atoms with Crippen LogP contribution in [0, 0.1) is 0 Å². The van der Waals surface area contributed by atoms with E-state index in [-0.39, 0.29) is 17.0 Å². The average Bonchev–Trinajstić information content (AvgIpc) is 3.28. The van der Waals surface area contributed by atoms with Gasteiger partial charge in [0.1, 0.15) is 5.82 Å². The smallest absolute Gasteiger partial charge is 0.328 e. The highest BCUT2D eigenvalue weighted by Gasteiger charge is 2.22. The lowest BCUT2D eigenvalue weighted by atomic mass is 9.92. The molecule has 210 valence electrons. The summed E-state index contributed by atoms with van der Waals surface area (Å²) in [5.74, 6) is 0.393. The molecule has 4 aromatic rings. The fraction of sp³-hybridized carbons (Fsp3) is 0.222. The number of halogens is 2. The number of carbonyl (C=O) groups excluding carboxylic acids is 2. The number of fused-ring (bicyclic) bond motifs is 1. The highest BCUT2D eigenvalue weighted by atomic mass is 35.5. The van der Waals surface area contributed by atoms with Crippen LogP contribution < -0.4 is 20.7 Å². The van der Waals surface area contributed by atoms with Crippen molar-refractivity contribution in [3.05, 3.63) is 82.0 Å². The van der Waals surface area contributed by atoms with Crippen LogP contribution in [-0.4, -0.2) is 36.5 Å². The molecule has 0 radical (unpaired) electrons. The van der Waals surface area contributed by atoms with Gasteiger partial charge in [0, 0.05) is 18.0 Å². The maximum atomic E-state index is 13.0. The largest absolute Gasteiger partial charge is 0.333 e. The second-order valence-corrected chi connectivity index (χ2v) is 12.7. The van der Waals surface area contributed by atoms with E-state index in [9.17, 15) is 18.0 Å². The SMILES string of the molecule is CC(C)(C)c1cc(NC(=O)Nc2cccc(Cl)c2Cl)n(-c2cc(CNC(=O)NS(C)(=O)=O)c3ccccc3c2)n1. The summed E-state index contributed by atoms with van der Waals surface area (Å²) in [6.07, 6.45) is 0.901. The number of anilines is 2. The molecule has 1 aromatic heterocycles. The van der Waals surface area contributed by atoms with E-state index in [0.717, 1.165) is 22.7 Å². The predicted molar refractivity (Wildman–Crippen MR) is 159 cm³/mol. The molecule has 0 unspecified atom stereocenters. The summed E-state index contributed by atoms with van der Waals surface area (Å²) in [6.45, 7) is 6.06. The molecule has 3 aromatic carbocycles. The first-order valence-corrected chi connectivity index (χ1v) is 14.8. The van der Waals surface area contributed by atoms with Crippen LogP contribution in [0.4, 0.5) is 21.1 Å². The summed E-state index contributed by atoms with van der Waals surface area (Å²) in [7, 11) is -3.72. The number of aromatic nitrogens is 2. The minimum absolute atomic E-state index is 0.0413. The van der Waals surface area contributed by atoms with Gasteiger partial charge in [-0.05, 0) is 40.6 Å². The van der Waals surface area contributed by atoms with Gasteiger partial charge < -0.3 is 10.6 Å². The Morgan fingerprint density at radius 1 is 0.950 bits per heavy atom. The monoisotopic (exact) mass is 602 g/mol. The Balaban J connectivity index is 1.72. The van der Waals surface area contributed by atoms with E-state index in [1.165, 1.54) is 0 Å². The van der Waals surface area contributed by atoms with Crippen molar-refractivity contribution in [3.63, 3.8) is 0 Å². The molecule has 4 amide bonds. The molecule has 0 aliphatic rings. The van der Waals surface area contributed by atoms with E-state index >= 15 is 0 Å². The Kier molecular flexibility index (Phi) is 8.29. The summed E-state index contributed by atoms with van der Waals surface area (Å²) < 4.78 is 26.4. The summed E-state index contributed by atoms with van der Waals surface area (Å²) in [5.41, 5.74) is 2.07. The maximum Gasteiger partial charge on any atom is 0.328 e. The molecule has 13 heteroatoms. The summed E-state index contributed by atoms with van der Waals surface area (Å²) >= 11 is 12.3. The zero-order valence-electron chi connectivity index (χ0n) is 22.2. The fourth-order valence-corrected chi connectivity index (χ4v) is 4.68. The minimum Gasteiger partial charge on any atom is -0.333 e. The number of sulfonamides is 1. The molecule has 0 aliphatic carbocycles. The molecule has 0 saturated carbocycles. The van der Waals surface area contributed by atoms with Gasteiger partial charge in [-0.2, -0.15) is 5.10 Å². The first-order valence-electron chi connectivity index (χ1n) is 12.1. The fourth-order valence-electron chi connectivity index (χ4n) is 3.92. The van der Waals surface area contributed by atoms with Crippen molar-refractivity contribution in [2.75, 3.05) is 16.9 Å². The van der Waals surface area contributed by atoms with Crippen molar-refractivity contribution in [3.8, 4) is 5.69 Å². The van der Waals surface area contributed by atoms with E-state index in [1.807, 2.05) is 61.9 Å². The first-order chi connectivity index (χ1) is 18.7. The third kappa shape index (κ3) is 7.04. The number of hydrogen-bond donors (Lipinski definition) is 4. The summed E-state index contributed by atoms with van der Waals surface area (Å²) in [6, 6.07) is 16.6. The summed E-state index contributed by atoms with van der Waals surface area (Å²) in [5, 5.41) is 15.1. The highest BCUT2D eigenvalue weighted by Crippen LogP contribution is 2.31. The minimum atomic E-state index is -3.72. The van der Waals surface area contributed by atoms with Gasteiger partial charge in [-0.3, -0.25) is 5.32 Å². The van der Waals surface area contributed by atoms with Gasteiger partial charge in [0.15, 0.2) is 0 Å². The molecular weight excluding hydrogens is 575 g/mol. The molecule has 0 fully saturated rings. The molecular formula is C27H28Cl2N6O4S. The molecule has 40 heavy (non-hydrogen) atoms. The van der Waals surface area contributed by atoms with Crippen LogP contribution in [0.2, 0.25) is 10.0 Å². The number of nitrogens with one attached hydrogen (secondary N) is 4. The van der Waals surface area contributed by atoms with Crippen molar-refractivity contribution in [1.29, 1.82) is 0 Å². The number of amides is 4. The Bertz CT molecular complexity index is 1710. The van der Waals surface area contributed by atoms with Crippen LogP contribution in [0.15, 0.2) is 60.7 Å². The Hall–Kier alpha value is -3.80. The predicted octanol–water partition coefficient (Wildman–Crippen LogP) is 6.03. The zero-order valence-corrected chi connectivity index (χ0v) is 24.5. The van der Waals surface area contributed by atoms with Gasteiger partial charge in [-0.25, -0.2) is 27.4 Å². The van der Waals surface area contributed by atoms with Crippen molar-refractivity contribution in [2.45, 2.75) is 32.7 Å². The molecule has 0 aliphatic heterocycles. The molecule has 1 heterocycles. The number of carbonyl (C=O) groups is 2. The van der Waals surface area contributed by atoms with Crippen LogP contribution >= 0.6 is 23.2 Å². The van der Waals surface area contributed by atoms with Crippen LogP contribution in [-0.2, 0) is 22.0 Å². The van der Waals surface area contributed by atoms with Gasteiger partial charge in [-0.1, -0.05) is 74.3 Å². The molecule has 0 spiro atoms. The van der Waals surface area contributed by atoms with Crippen LogP contribution in [0.3, 0.4) is 0 Å². The van der Waals surface area contributed by atoms with Gasteiger partial charge in [-0.15, -0.1) is 0 Å². The second-order valence-electron chi connectivity index (χ2n) is 10.1. The average molecular weight is 604 g/mol. The third-order valence-electron chi connectivity index (χ3n) is 5.81. The van der Waals surface area contributed by atoms with E-state index in [2.05, 4.69) is 16.0 Å². The van der Waals surface area contributed by atoms with E-state index in [1.54, 1.807) is 28.9 Å². The van der Waals surface area contributed by atoms with Gasteiger partial charge >= 0.3 is 12.1 Å². The lowest BCUT2D eigenvalue weighted by Crippen LogP contribution is -2.38. The Labute approximate surface area is 242 Å². The van der Waals surface area contributed by atoms with Crippen LogP contribution in [0.25, 0.3) is 16.5 Å². The molecule has 0 saturated heterocycles. The molecule has 4 N–H and O–H groups in total. The number of urea groups is 2. The Morgan fingerprint density at radius 3 is 2.38 bits per heavy atom. The van der Waals surface area contributed by atoms with E-state index in [0.29, 0.717) is 27.8 Å². The lowest BCUT2D eigenvalue weighted by molar-refractivity contribution is 0.245. The van der Waals surface area contributed by atoms with E-state index in [4.69, 9.17) is 28.3 Å². The first kappa shape index (κ1) is 29.2. The van der Waals surface area contributed by atoms with Gasteiger partial charge in [0.25, 0.3) is 0 Å².